The molecule has 3 aromatic heterocycles. The number of amides is 2. The van der Waals surface area contributed by atoms with Crippen molar-refractivity contribution in [3.05, 3.63) is 131 Å². The van der Waals surface area contributed by atoms with E-state index in [4.69, 9.17) is 9.47 Å². The predicted molar refractivity (Wildman–Crippen MR) is 198 cm³/mol. The van der Waals surface area contributed by atoms with Crippen LogP contribution < -0.4 is 15.4 Å². The Morgan fingerprint density at radius 2 is 1.27 bits per heavy atom. The van der Waals surface area contributed by atoms with Crippen LogP contribution in [0, 0.1) is 0 Å². The fraction of sp³-hybridized carbons (Fsp3) is 0.317. The van der Waals surface area contributed by atoms with Crippen LogP contribution in [0.4, 0.5) is 0 Å². The number of hydrogen-bond donors (Lipinski definition) is 3. The molecule has 5 aromatic rings. The largest absolute Gasteiger partial charge is 0.480 e. The number of aromatic amines is 1. The van der Waals surface area contributed by atoms with Gasteiger partial charge in [-0.1, -0.05) is 82.3 Å². The predicted octanol–water partition coefficient (Wildman–Crippen LogP) is 7.07. The molecule has 0 bridgehead atoms. The smallest absolute Gasteiger partial charge is 0.345 e. The first-order valence-corrected chi connectivity index (χ1v) is 17.5. The molecule has 0 spiro atoms. The van der Waals surface area contributed by atoms with Gasteiger partial charge in [0.2, 0.25) is 12.0 Å². The molecule has 11 heteroatoms. The molecule has 0 saturated carbocycles. The van der Waals surface area contributed by atoms with E-state index in [1.165, 1.54) is 11.8 Å². The second-order valence-corrected chi connectivity index (χ2v) is 13.4. The zero-order valence-electron chi connectivity index (χ0n) is 30.4. The molecule has 0 aliphatic heterocycles. The van der Waals surface area contributed by atoms with Gasteiger partial charge in [-0.2, -0.15) is 5.10 Å². The third-order valence-electron chi connectivity index (χ3n) is 8.76. The van der Waals surface area contributed by atoms with Gasteiger partial charge in [0.15, 0.2) is 6.61 Å². The summed E-state index contributed by atoms with van der Waals surface area (Å²) in [4.78, 5) is 48.3. The van der Waals surface area contributed by atoms with Crippen molar-refractivity contribution in [2.45, 2.75) is 78.0 Å². The normalized spacial score (nSPS) is 12.9. The van der Waals surface area contributed by atoms with Crippen LogP contribution in [0.2, 0.25) is 0 Å². The first kappa shape index (κ1) is 37.4. The van der Waals surface area contributed by atoms with Crippen LogP contribution in [0.25, 0.3) is 11.1 Å². The number of rotatable bonds is 15. The number of carbonyl (C=O) groups is 3. The van der Waals surface area contributed by atoms with Crippen LogP contribution in [-0.4, -0.2) is 44.6 Å². The molecule has 0 saturated heterocycles. The van der Waals surface area contributed by atoms with E-state index in [1.54, 1.807) is 42.9 Å². The van der Waals surface area contributed by atoms with Gasteiger partial charge >= 0.3 is 5.97 Å². The molecule has 0 fully saturated rings. The molecule has 3 heterocycles. The Hall–Kier alpha value is -5.84. The Kier molecular flexibility index (Phi) is 12.5. The van der Waals surface area contributed by atoms with Crippen molar-refractivity contribution in [1.29, 1.82) is 0 Å². The van der Waals surface area contributed by atoms with E-state index in [-0.39, 0.29) is 18.4 Å². The van der Waals surface area contributed by atoms with Crippen LogP contribution in [0.5, 0.6) is 5.75 Å². The van der Waals surface area contributed by atoms with Crippen molar-refractivity contribution < 1.29 is 23.9 Å². The second-order valence-electron chi connectivity index (χ2n) is 13.4. The van der Waals surface area contributed by atoms with E-state index in [0.717, 1.165) is 22.3 Å². The molecule has 52 heavy (non-hydrogen) atoms. The van der Waals surface area contributed by atoms with Gasteiger partial charge in [0.25, 0.3) is 5.91 Å². The van der Waals surface area contributed by atoms with Gasteiger partial charge in [0, 0.05) is 29.1 Å². The Balaban J connectivity index is 1.17. The van der Waals surface area contributed by atoms with Crippen molar-refractivity contribution in [2.24, 2.45) is 0 Å². The van der Waals surface area contributed by atoms with E-state index in [0.29, 0.717) is 34.5 Å². The number of pyridine rings is 2. The molecule has 3 N–H and O–H groups in total. The fourth-order valence-electron chi connectivity index (χ4n) is 5.55. The Labute approximate surface area is 304 Å². The summed E-state index contributed by atoms with van der Waals surface area (Å²) in [6.07, 6.45) is 5.73. The number of nitrogens with zero attached hydrogens (tertiary/aromatic N) is 3. The van der Waals surface area contributed by atoms with Crippen molar-refractivity contribution in [3.8, 4) is 16.9 Å². The van der Waals surface area contributed by atoms with E-state index in [2.05, 4.69) is 70.6 Å². The van der Waals surface area contributed by atoms with Gasteiger partial charge in [0.1, 0.15) is 5.75 Å². The van der Waals surface area contributed by atoms with Gasteiger partial charge in [-0.05, 0) is 60.6 Å². The summed E-state index contributed by atoms with van der Waals surface area (Å²) in [6.45, 7) is 11.7. The number of hydrogen-bond acceptors (Lipinski definition) is 8. The maximum absolute atomic E-state index is 13.6. The number of H-pyrrole nitrogens is 1. The van der Waals surface area contributed by atoms with E-state index < -0.39 is 30.6 Å². The van der Waals surface area contributed by atoms with Crippen LogP contribution in [0.3, 0.4) is 0 Å². The summed E-state index contributed by atoms with van der Waals surface area (Å²) >= 11 is 0. The highest BCUT2D eigenvalue weighted by Gasteiger charge is 2.27. The molecule has 11 nitrogen and oxygen atoms in total. The molecule has 0 aliphatic carbocycles. The number of aromatic nitrogens is 4. The molecular weight excluding hydrogens is 656 g/mol. The van der Waals surface area contributed by atoms with E-state index in [1.807, 2.05) is 50.2 Å². The Morgan fingerprint density at radius 1 is 0.673 bits per heavy atom. The minimum absolute atomic E-state index is 0.110. The first-order chi connectivity index (χ1) is 25.0. The molecule has 270 valence electrons. The summed E-state index contributed by atoms with van der Waals surface area (Å²) in [6, 6.07) is 21.8. The molecule has 3 atom stereocenters. The van der Waals surface area contributed by atoms with Crippen molar-refractivity contribution in [1.82, 2.24) is 30.8 Å². The monoisotopic (exact) mass is 702 g/mol. The lowest BCUT2D eigenvalue weighted by Crippen LogP contribution is -2.35. The average Bonchev–Trinajstić information content (AvgIpc) is 3.69. The minimum Gasteiger partial charge on any atom is -0.480 e. The quantitative estimate of drug-likeness (QED) is 0.0982. The third kappa shape index (κ3) is 10.1. The fourth-order valence-corrected chi connectivity index (χ4v) is 5.55. The highest BCUT2D eigenvalue weighted by molar-refractivity contribution is 5.85. The van der Waals surface area contributed by atoms with Crippen LogP contribution in [0.1, 0.15) is 105 Å². The van der Waals surface area contributed by atoms with Crippen LogP contribution >= 0.6 is 0 Å². The minimum atomic E-state index is -1.22. The van der Waals surface area contributed by atoms with Crippen molar-refractivity contribution >= 4 is 17.8 Å². The average molecular weight is 703 g/mol. The van der Waals surface area contributed by atoms with Gasteiger partial charge in [0.05, 0.1) is 42.3 Å². The number of carbonyl (C=O) groups excluding carboxylic acids is 3. The zero-order valence-corrected chi connectivity index (χ0v) is 30.4. The summed E-state index contributed by atoms with van der Waals surface area (Å²) in [7, 11) is 0. The summed E-state index contributed by atoms with van der Waals surface area (Å²) < 4.78 is 11.4. The topological polar surface area (TPSA) is 148 Å². The molecule has 1 unspecified atom stereocenters. The number of esters is 1. The summed E-state index contributed by atoms with van der Waals surface area (Å²) in [5, 5.41) is 12.7. The number of nitrogens with one attached hydrogen (secondary N) is 3. The van der Waals surface area contributed by atoms with Crippen molar-refractivity contribution in [3.63, 3.8) is 0 Å². The Morgan fingerprint density at radius 3 is 1.83 bits per heavy atom. The van der Waals surface area contributed by atoms with Crippen molar-refractivity contribution in [2.75, 3.05) is 6.61 Å². The zero-order chi connectivity index (χ0) is 37.2. The lowest BCUT2D eigenvalue weighted by molar-refractivity contribution is -0.158. The van der Waals surface area contributed by atoms with Gasteiger partial charge < -0.3 is 20.1 Å². The SMILES string of the molecule is CC(C)c1ccc(CC(=O)N[C@H](C)c2ccc(OCC(=O)OC(C(=O)N[C@H](C)c3ccc(-c4cn[nH]c4)cn3)c3ccc(C(C)C)cc3)cn2)cc1. The number of ether oxygens (including phenoxy) is 2. The van der Waals surface area contributed by atoms with E-state index >= 15 is 0 Å². The molecule has 0 radical (unpaired) electrons. The van der Waals surface area contributed by atoms with Crippen LogP contribution in [-0.2, 0) is 25.5 Å². The summed E-state index contributed by atoms with van der Waals surface area (Å²) in [5.41, 5.74) is 6.86. The van der Waals surface area contributed by atoms with Gasteiger partial charge in [-0.25, -0.2) is 4.79 Å². The Bertz CT molecular complexity index is 1910. The molecule has 5 rings (SSSR count). The molecule has 2 amide bonds. The third-order valence-corrected chi connectivity index (χ3v) is 8.76. The van der Waals surface area contributed by atoms with Gasteiger partial charge in [-0.3, -0.25) is 24.7 Å². The first-order valence-electron chi connectivity index (χ1n) is 17.5. The maximum Gasteiger partial charge on any atom is 0.345 e. The number of benzene rings is 2. The standard InChI is InChI=1S/C41H46N6O5/c1-25(2)30-9-7-29(8-10-30)19-38(48)46-27(5)37-18-16-35(23-43-37)51-24-39(49)52-40(32-13-11-31(12-14-32)26(3)4)41(50)47-28(6)36-17-15-33(20-42-36)34-21-44-45-22-34/h7-18,20-23,25-28,40H,19,24H2,1-6H3,(H,44,45)(H,46,48)(H,47,50)/t27-,28-,40?/m1/s1. The highest BCUT2D eigenvalue weighted by atomic mass is 16.6. The molecule has 2 aromatic carbocycles. The van der Waals surface area contributed by atoms with Crippen LogP contribution in [0.15, 0.2) is 97.6 Å². The van der Waals surface area contributed by atoms with Gasteiger partial charge in [-0.15, -0.1) is 0 Å². The van der Waals surface area contributed by atoms with E-state index in [9.17, 15) is 14.4 Å². The summed E-state index contributed by atoms with van der Waals surface area (Å²) in [5.74, 6) is -0.270. The lowest BCUT2D eigenvalue weighted by Gasteiger charge is -2.21. The lowest BCUT2D eigenvalue weighted by atomic mass is 9.99. The highest BCUT2D eigenvalue weighted by Crippen LogP contribution is 2.25. The molecular formula is C41H46N6O5. The molecule has 0 aliphatic rings. The maximum atomic E-state index is 13.6. The second kappa shape index (κ2) is 17.4.